The van der Waals surface area contributed by atoms with Gasteiger partial charge in [0.2, 0.25) is 0 Å². The second-order valence-corrected chi connectivity index (χ2v) is 7.91. The number of carbonyl (C=O) groups excluding carboxylic acids is 1. The van der Waals surface area contributed by atoms with Gasteiger partial charge in [-0.05, 0) is 36.2 Å². The Labute approximate surface area is 174 Å². The first-order valence-corrected chi connectivity index (χ1v) is 10.6. The smallest absolute Gasteiger partial charge is 0.283 e. The molecule has 10 heteroatoms. The second kappa shape index (κ2) is 8.95. The van der Waals surface area contributed by atoms with Gasteiger partial charge in [0.15, 0.2) is 4.90 Å². The molecule has 0 fully saturated rings. The van der Waals surface area contributed by atoms with Crippen molar-refractivity contribution in [1.29, 1.82) is 0 Å². The van der Waals surface area contributed by atoms with Crippen molar-refractivity contribution in [3.8, 4) is 11.5 Å². The molecule has 9 nitrogen and oxygen atoms in total. The van der Waals surface area contributed by atoms with Crippen LogP contribution in [-0.4, -0.2) is 43.3 Å². The second-order valence-electron chi connectivity index (χ2n) is 6.29. The van der Waals surface area contributed by atoms with E-state index in [1.807, 2.05) is 23.9 Å². The molecule has 30 heavy (non-hydrogen) atoms. The van der Waals surface area contributed by atoms with Crippen molar-refractivity contribution in [2.75, 3.05) is 14.2 Å². The zero-order chi connectivity index (χ0) is 21.7. The number of nitrogens with zero attached hydrogens (tertiary/aromatic N) is 3. The average molecular weight is 430 g/mol. The summed E-state index contributed by atoms with van der Waals surface area (Å²) in [4.78, 5) is 16.8. The SMILES string of the molecule is CCc1nc(C(=O)NS(=O)(=O)c2c(OC)cccc2OC)ccc1Cn1cccn1. The van der Waals surface area contributed by atoms with Crippen molar-refractivity contribution < 1.29 is 22.7 Å². The van der Waals surface area contributed by atoms with Crippen LogP contribution in [0, 0.1) is 0 Å². The van der Waals surface area contributed by atoms with Crippen LogP contribution < -0.4 is 14.2 Å². The van der Waals surface area contributed by atoms with Crippen LogP contribution in [0.5, 0.6) is 11.5 Å². The molecule has 0 aliphatic heterocycles. The van der Waals surface area contributed by atoms with Crippen LogP contribution >= 0.6 is 0 Å². The van der Waals surface area contributed by atoms with Crippen molar-refractivity contribution >= 4 is 15.9 Å². The predicted octanol–water partition coefficient (Wildman–Crippen LogP) is 2.02. The lowest BCUT2D eigenvalue weighted by Gasteiger charge is -2.14. The van der Waals surface area contributed by atoms with Crippen LogP contribution in [0.3, 0.4) is 0 Å². The highest BCUT2D eigenvalue weighted by atomic mass is 32.2. The number of rotatable bonds is 8. The van der Waals surface area contributed by atoms with Crippen molar-refractivity contribution in [3.63, 3.8) is 0 Å². The fourth-order valence-corrected chi connectivity index (χ4v) is 4.27. The summed E-state index contributed by atoms with van der Waals surface area (Å²) in [5.41, 5.74) is 1.57. The lowest BCUT2D eigenvalue weighted by atomic mass is 10.1. The van der Waals surface area contributed by atoms with E-state index in [4.69, 9.17) is 9.47 Å². The monoisotopic (exact) mass is 430 g/mol. The van der Waals surface area contributed by atoms with E-state index in [1.165, 1.54) is 32.4 Å². The molecule has 0 saturated carbocycles. The summed E-state index contributed by atoms with van der Waals surface area (Å²) < 4.78 is 39.8. The Balaban J connectivity index is 1.89. The van der Waals surface area contributed by atoms with Crippen molar-refractivity contribution in [2.45, 2.75) is 24.8 Å². The largest absolute Gasteiger partial charge is 0.495 e. The number of ether oxygens (including phenoxy) is 2. The van der Waals surface area contributed by atoms with Gasteiger partial charge >= 0.3 is 0 Å². The van der Waals surface area contributed by atoms with E-state index in [9.17, 15) is 13.2 Å². The summed E-state index contributed by atoms with van der Waals surface area (Å²) in [6.07, 6.45) is 4.08. The van der Waals surface area contributed by atoms with Crippen molar-refractivity contribution in [3.05, 3.63) is 65.7 Å². The highest BCUT2D eigenvalue weighted by Gasteiger charge is 2.27. The summed E-state index contributed by atoms with van der Waals surface area (Å²) >= 11 is 0. The van der Waals surface area contributed by atoms with Gasteiger partial charge in [0.25, 0.3) is 15.9 Å². The number of hydrogen-bond donors (Lipinski definition) is 1. The van der Waals surface area contributed by atoms with E-state index in [1.54, 1.807) is 23.0 Å². The van der Waals surface area contributed by atoms with Crippen LogP contribution in [0.2, 0.25) is 0 Å². The minimum Gasteiger partial charge on any atom is -0.495 e. The molecule has 0 unspecified atom stereocenters. The highest BCUT2D eigenvalue weighted by molar-refractivity contribution is 7.90. The maximum Gasteiger partial charge on any atom is 0.283 e. The van der Waals surface area contributed by atoms with E-state index in [0.29, 0.717) is 18.7 Å². The fraction of sp³-hybridized carbons (Fsp3) is 0.250. The molecule has 0 spiro atoms. The zero-order valence-electron chi connectivity index (χ0n) is 16.8. The number of sulfonamides is 1. The molecule has 1 N–H and O–H groups in total. The number of pyridine rings is 1. The van der Waals surface area contributed by atoms with Gasteiger partial charge in [0, 0.05) is 18.1 Å². The van der Waals surface area contributed by atoms with Gasteiger partial charge < -0.3 is 9.47 Å². The summed E-state index contributed by atoms with van der Waals surface area (Å²) in [6, 6.07) is 9.59. The standard InChI is InChI=1S/C20H22N4O5S/c1-4-15-14(13-24-12-6-11-21-24)9-10-16(22-15)20(25)23-30(26,27)19-17(28-2)7-5-8-18(19)29-3/h5-12H,4,13H2,1-3H3,(H,23,25). The lowest BCUT2D eigenvalue weighted by molar-refractivity contribution is 0.0976. The summed E-state index contributed by atoms with van der Waals surface area (Å²) in [5.74, 6) is -0.721. The average Bonchev–Trinajstić information content (AvgIpc) is 3.26. The van der Waals surface area contributed by atoms with Crippen molar-refractivity contribution in [1.82, 2.24) is 19.5 Å². The van der Waals surface area contributed by atoms with E-state index >= 15 is 0 Å². The molecule has 0 bridgehead atoms. The predicted molar refractivity (Wildman–Crippen MR) is 109 cm³/mol. The Morgan fingerprint density at radius 2 is 1.80 bits per heavy atom. The minimum absolute atomic E-state index is 0.00601. The molecule has 158 valence electrons. The van der Waals surface area contributed by atoms with Gasteiger partial charge in [-0.25, -0.2) is 18.1 Å². The first-order chi connectivity index (χ1) is 14.4. The zero-order valence-corrected chi connectivity index (χ0v) is 17.6. The molecule has 0 atom stereocenters. The van der Waals surface area contributed by atoms with Crippen molar-refractivity contribution in [2.24, 2.45) is 0 Å². The van der Waals surface area contributed by atoms with E-state index in [2.05, 4.69) is 10.1 Å². The maximum absolute atomic E-state index is 12.9. The molecular weight excluding hydrogens is 408 g/mol. The van der Waals surface area contributed by atoms with Crippen LogP contribution in [0.1, 0.15) is 28.7 Å². The summed E-state index contributed by atoms with van der Waals surface area (Å²) in [5, 5.41) is 4.17. The number of carbonyl (C=O) groups is 1. The molecule has 1 aromatic carbocycles. The number of hydrogen-bond acceptors (Lipinski definition) is 7. The molecule has 0 radical (unpaired) electrons. The van der Waals surface area contributed by atoms with Gasteiger partial charge in [-0.2, -0.15) is 5.10 Å². The topological polar surface area (TPSA) is 112 Å². The Hall–Kier alpha value is -3.40. The molecule has 2 aromatic heterocycles. The molecule has 1 amide bonds. The van der Waals surface area contributed by atoms with Gasteiger partial charge in [-0.15, -0.1) is 0 Å². The quantitative estimate of drug-likeness (QED) is 0.582. The Morgan fingerprint density at radius 3 is 2.37 bits per heavy atom. The molecule has 0 aliphatic rings. The van der Waals surface area contributed by atoms with Crippen LogP contribution in [-0.2, 0) is 23.0 Å². The molecule has 3 rings (SSSR count). The van der Waals surface area contributed by atoms with Gasteiger partial charge in [0.05, 0.1) is 20.8 Å². The highest BCUT2D eigenvalue weighted by Crippen LogP contribution is 2.32. The number of methoxy groups -OCH3 is 2. The molecule has 0 saturated heterocycles. The summed E-state index contributed by atoms with van der Waals surface area (Å²) in [7, 11) is -1.59. The van der Waals surface area contributed by atoms with E-state index < -0.39 is 15.9 Å². The third kappa shape index (κ3) is 4.43. The van der Waals surface area contributed by atoms with Crippen LogP contribution in [0.15, 0.2) is 53.7 Å². The summed E-state index contributed by atoms with van der Waals surface area (Å²) in [6.45, 7) is 2.41. The maximum atomic E-state index is 12.9. The van der Waals surface area contributed by atoms with Gasteiger partial charge in [-0.3, -0.25) is 9.48 Å². The van der Waals surface area contributed by atoms with E-state index in [0.717, 1.165) is 5.56 Å². The van der Waals surface area contributed by atoms with E-state index in [-0.39, 0.29) is 22.1 Å². The molecular formula is C20H22N4O5S. The Kier molecular flexibility index (Phi) is 6.36. The number of nitrogens with one attached hydrogen (secondary N) is 1. The normalized spacial score (nSPS) is 11.2. The number of aromatic nitrogens is 3. The number of aryl methyl sites for hydroxylation is 1. The third-order valence-electron chi connectivity index (χ3n) is 4.41. The molecule has 0 aliphatic carbocycles. The number of amides is 1. The Bertz CT molecular complexity index is 1120. The first kappa shape index (κ1) is 21.3. The lowest BCUT2D eigenvalue weighted by Crippen LogP contribution is -2.32. The van der Waals surface area contributed by atoms with Gasteiger partial charge in [0.1, 0.15) is 17.2 Å². The fourth-order valence-electron chi connectivity index (χ4n) is 2.98. The first-order valence-electron chi connectivity index (χ1n) is 9.14. The van der Waals surface area contributed by atoms with Crippen LogP contribution in [0.25, 0.3) is 0 Å². The minimum atomic E-state index is -4.27. The van der Waals surface area contributed by atoms with Gasteiger partial charge in [-0.1, -0.05) is 19.1 Å². The van der Waals surface area contributed by atoms with Crippen LogP contribution in [0.4, 0.5) is 0 Å². The third-order valence-corrected chi connectivity index (χ3v) is 5.80. The number of benzene rings is 1. The molecule has 3 aromatic rings. The molecule has 2 heterocycles. The Morgan fingerprint density at radius 1 is 1.10 bits per heavy atom.